The maximum atomic E-state index is 5.21. The van der Waals surface area contributed by atoms with Gasteiger partial charge in [-0.15, -0.1) is 0 Å². The quantitative estimate of drug-likeness (QED) is 0.621. The predicted octanol–water partition coefficient (Wildman–Crippen LogP) is 2.81. The molecule has 0 aliphatic rings. The summed E-state index contributed by atoms with van der Waals surface area (Å²) in [5, 5.41) is 0. The van der Waals surface area contributed by atoms with E-state index in [2.05, 4.69) is 12.1 Å². The van der Waals surface area contributed by atoms with Crippen molar-refractivity contribution in [3.8, 4) is 5.75 Å². The largest absolute Gasteiger partial charge is 0.496 e. The summed E-state index contributed by atoms with van der Waals surface area (Å²) in [6.07, 6.45) is 5.12. The lowest BCUT2D eigenvalue weighted by Crippen LogP contribution is -1.89. The van der Waals surface area contributed by atoms with Gasteiger partial charge in [-0.3, -0.25) is 0 Å². The molecule has 1 heteroatoms. The zero-order chi connectivity index (χ0) is 8.81. The first-order valence-corrected chi connectivity index (χ1v) is 4.11. The molecule has 1 aromatic carbocycles. The van der Waals surface area contributed by atoms with E-state index in [1.165, 1.54) is 5.56 Å². The number of rotatable bonds is 3. The lowest BCUT2D eigenvalue weighted by molar-refractivity contribution is 0.410. The van der Waals surface area contributed by atoms with Crippen molar-refractivity contribution in [3.05, 3.63) is 42.0 Å². The fourth-order valence-corrected chi connectivity index (χ4v) is 1.12. The normalized spacial score (nSPS) is 10.5. The van der Waals surface area contributed by atoms with Crippen LogP contribution < -0.4 is 4.74 Å². The standard InChI is InChI=1S/C11H14O/c1-3-4-7-10-8-5-6-9-11(10)12-2/h3-6,8-9H,7H2,1-2H3/b4-3+. The van der Waals surface area contributed by atoms with E-state index in [4.69, 9.17) is 4.74 Å². The monoisotopic (exact) mass is 162 g/mol. The highest BCUT2D eigenvalue weighted by Crippen LogP contribution is 2.17. The van der Waals surface area contributed by atoms with Crippen molar-refractivity contribution < 1.29 is 4.74 Å². The van der Waals surface area contributed by atoms with E-state index in [-0.39, 0.29) is 0 Å². The first-order valence-electron chi connectivity index (χ1n) is 4.11. The Morgan fingerprint density at radius 3 is 2.75 bits per heavy atom. The molecule has 1 nitrogen and oxygen atoms in total. The van der Waals surface area contributed by atoms with Crippen LogP contribution in [0.1, 0.15) is 12.5 Å². The van der Waals surface area contributed by atoms with Crippen molar-refractivity contribution >= 4 is 0 Å². The molecule has 0 aliphatic carbocycles. The molecule has 0 radical (unpaired) electrons. The van der Waals surface area contributed by atoms with E-state index in [0.29, 0.717) is 0 Å². The SMILES string of the molecule is C/C=C/Cc1ccccc1OC. The average Bonchev–Trinajstić information content (AvgIpc) is 2.15. The van der Waals surface area contributed by atoms with Crippen molar-refractivity contribution in [1.29, 1.82) is 0 Å². The van der Waals surface area contributed by atoms with Crippen LogP contribution in [0.15, 0.2) is 36.4 Å². The molecule has 0 spiro atoms. The lowest BCUT2D eigenvalue weighted by atomic mass is 10.1. The molecule has 0 aromatic heterocycles. The zero-order valence-corrected chi connectivity index (χ0v) is 7.58. The molecule has 12 heavy (non-hydrogen) atoms. The van der Waals surface area contributed by atoms with E-state index in [9.17, 15) is 0 Å². The first kappa shape index (κ1) is 8.85. The Morgan fingerprint density at radius 1 is 1.33 bits per heavy atom. The Hall–Kier alpha value is -1.24. The topological polar surface area (TPSA) is 9.23 Å². The Balaban J connectivity index is 2.81. The van der Waals surface area contributed by atoms with Crippen molar-refractivity contribution in [2.24, 2.45) is 0 Å². The van der Waals surface area contributed by atoms with Gasteiger partial charge in [0.1, 0.15) is 5.75 Å². The number of para-hydroxylation sites is 1. The van der Waals surface area contributed by atoms with Gasteiger partial charge in [-0.05, 0) is 25.0 Å². The Morgan fingerprint density at radius 2 is 2.08 bits per heavy atom. The second kappa shape index (κ2) is 4.60. The molecular formula is C11H14O. The third kappa shape index (κ3) is 2.12. The first-order chi connectivity index (χ1) is 5.88. The second-order valence-corrected chi connectivity index (χ2v) is 2.59. The maximum absolute atomic E-state index is 5.21. The molecular weight excluding hydrogens is 148 g/mol. The van der Waals surface area contributed by atoms with Crippen LogP contribution in [0, 0.1) is 0 Å². The summed E-state index contributed by atoms with van der Waals surface area (Å²) in [4.78, 5) is 0. The van der Waals surface area contributed by atoms with Gasteiger partial charge in [0, 0.05) is 0 Å². The molecule has 0 N–H and O–H groups in total. The van der Waals surface area contributed by atoms with Crippen molar-refractivity contribution in [1.82, 2.24) is 0 Å². The highest BCUT2D eigenvalue weighted by atomic mass is 16.5. The van der Waals surface area contributed by atoms with Crippen molar-refractivity contribution in [3.63, 3.8) is 0 Å². The number of methoxy groups -OCH3 is 1. The van der Waals surface area contributed by atoms with Crippen LogP contribution in [0.3, 0.4) is 0 Å². The third-order valence-corrected chi connectivity index (χ3v) is 1.77. The summed E-state index contributed by atoms with van der Waals surface area (Å²) < 4.78 is 5.21. The summed E-state index contributed by atoms with van der Waals surface area (Å²) in [5.41, 5.74) is 1.23. The van der Waals surface area contributed by atoms with Gasteiger partial charge in [0.25, 0.3) is 0 Å². The minimum atomic E-state index is 0.945. The highest BCUT2D eigenvalue weighted by molar-refractivity contribution is 5.34. The van der Waals surface area contributed by atoms with E-state index in [0.717, 1.165) is 12.2 Å². The molecule has 0 unspecified atom stereocenters. The van der Waals surface area contributed by atoms with Crippen LogP contribution in [0.25, 0.3) is 0 Å². The van der Waals surface area contributed by atoms with Crippen LogP contribution >= 0.6 is 0 Å². The van der Waals surface area contributed by atoms with E-state index < -0.39 is 0 Å². The minimum Gasteiger partial charge on any atom is -0.496 e. The van der Waals surface area contributed by atoms with Gasteiger partial charge in [-0.1, -0.05) is 30.4 Å². The Labute approximate surface area is 73.7 Å². The molecule has 1 aromatic rings. The highest BCUT2D eigenvalue weighted by Gasteiger charge is 1.97. The predicted molar refractivity (Wildman–Crippen MR) is 51.5 cm³/mol. The molecule has 0 heterocycles. The average molecular weight is 162 g/mol. The van der Waals surface area contributed by atoms with Crippen LogP contribution in [0.2, 0.25) is 0 Å². The maximum Gasteiger partial charge on any atom is 0.122 e. The van der Waals surface area contributed by atoms with Crippen molar-refractivity contribution in [2.45, 2.75) is 13.3 Å². The smallest absolute Gasteiger partial charge is 0.122 e. The van der Waals surface area contributed by atoms with Crippen LogP contribution in [-0.4, -0.2) is 7.11 Å². The van der Waals surface area contributed by atoms with Gasteiger partial charge in [0.2, 0.25) is 0 Å². The van der Waals surface area contributed by atoms with Gasteiger partial charge < -0.3 is 4.74 Å². The summed E-state index contributed by atoms with van der Waals surface area (Å²) in [6.45, 7) is 2.02. The second-order valence-electron chi connectivity index (χ2n) is 2.59. The fraction of sp³-hybridized carbons (Fsp3) is 0.273. The molecule has 0 aliphatic heterocycles. The molecule has 64 valence electrons. The van der Waals surface area contributed by atoms with Crippen LogP contribution in [-0.2, 0) is 6.42 Å². The molecule has 1 rings (SSSR count). The molecule has 0 saturated heterocycles. The molecule has 0 atom stereocenters. The van der Waals surface area contributed by atoms with E-state index >= 15 is 0 Å². The van der Waals surface area contributed by atoms with Gasteiger partial charge in [-0.25, -0.2) is 0 Å². The third-order valence-electron chi connectivity index (χ3n) is 1.77. The van der Waals surface area contributed by atoms with Crippen LogP contribution in [0.5, 0.6) is 5.75 Å². The Bertz CT molecular complexity index is 263. The number of hydrogen-bond acceptors (Lipinski definition) is 1. The van der Waals surface area contributed by atoms with E-state index in [1.54, 1.807) is 7.11 Å². The number of hydrogen-bond donors (Lipinski definition) is 0. The molecule has 0 saturated carbocycles. The summed E-state index contributed by atoms with van der Waals surface area (Å²) in [7, 11) is 1.70. The Kier molecular flexibility index (Phi) is 3.39. The molecule has 0 amide bonds. The van der Waals surface area contributed by atoms with Gasteiger partial charge in [0.05, 0.1) is 7.11 Å². The summed E-state index contributed by atoms with van der Waals surface area (Å²) in [5.74, 6) is 0.968. The lowest BCUT2D eigenvalue weighted by Gasteiger charge is -2.04. The number of allylic oxidation sites excluding steroid dienone is 2. The fourth-order valence-electron chi connectivity index (χ4n) is 1.12. The number of benzene rings is 1. The zero-order valence-electron chi connectivity index (χ0n) is 7.58. The summed E-state index contributed by atoms with van der Waals surface area (Å²) >= 11 is 0. The minimum absolute atomic E-state index is 0.945. The van der Waals surface area contributed by atoms with Crippen LogP contribution in [0.4, 0.5) is 0 Å². The molecule has 0 fully saturated rings. The van der Waals surface area contributed by atoms with Gasteiger partial charge in [-0.2, -0.15) is 0 Å². The number of ether oxygens (including phenoxy) is 1. The van der Waals surface area contributed by atoms with Crippen molar-refractivity contribution in [2.75, 3.05) is 7.11 Å². The van der Waals surface area contributed by atoms with Gasteiger partial charge in [0.15, 0.2) is 0 Å². The van der Waals surface area contributed by atoms with Gasteiger partial charge >= 0.3 is 0 Å². The van der Waals surface area contributed by atoms with E-state index in [1.807, 2.05) is 31.2 Å². The molecule has 0 bridgehead atoms. The summed E-state index contributed by atoms with van der Waals surface area (Å²) in [6, 6.07) is 8.08.